The van der Waals surface area contributed by atoms with Crippen LogP contribution >= 0.6 is 0 Å². The van der Waals surface area contributed by atoms with E-state index in [1.165, 1.54) is 4.52 Å². The van der Waals surface area contributed by atoms with Crippen molar-refractivity contribution in [3.8, 4) is 5.69 Å². The molecule has 0 saturated heterocycles. The van der Waals surface area contributed by atoms with Gasteiger partial charge in [-0.1, -0.05) is 48.5 Å². The molecule has 0 aliphatic carbocycles. The number of carbonyl (C=O) groups excluding carboxylic acids is 1. The molecule has 0 radical (unpaired) electrons. The third-order valence-electron chi connectivity index (χ3n) is 6.19. The van der Waals surface area contributed by atoms with Crippen molar-refractivity contribution in [2.45, 2.75) is 13.0 Å². The van der Waals surface area contributed by atoms with Gasteiger partial charge >= 0.3 is 0 Å². The molecule has 1 amide bonds. The number of nitrogens with two attached hydrogens (primary N) is 1. The zero-order valence-corrected chi connectivity index (χ0v) is 19.3. The Hall–Kier alpha value is -5.05. The predicted molar refractivity (Wildman–Crippen MR) is 138 cm³/mol. The van der Waals surface area contributed by atoms with Gasteiger partial charge in [0.2, 0.25) is 0 Å². The number of benzene rings is 3. The molecule has 6 rings (SSSR count). The summed E-state index contributed by atoms with van der Waals surface area (Å²) in [6.07, 6.45) is 3.24. The van der Waals surface area contributed by atoms with Crippen LogP contribution in [0, 0.1) is 0 Å². The Balaban J connectivity index is 1.52. The minimum Gasteiger partial charge on any atom is -0.381 e. The minimum atomic E-state index is -0.640. The van der Waals surface area contributed by atoms with Gasteiger partial charge in [0.15, 0.2) is 11.5 Å². The fourth-order valence-electron chi connectivity index (χ4n) is 4.54. The molecular formula is C27H21N7O2. The highest BCUT2D eigenvalue weighted by Gasteiger charge is 2.24. The number of nitrogens with zero attached hydrogens (tertiary/aromatic N) is 5. The van der Waals surface area contributed by atoms with E-state index in [-0.39, 0.29) is 16.9 Å². The molecule has 1 atom stereocenters. The second-order valence-corrected chi connectivity index (χ2v) is 8.47. The normalized spacial score (nSPS) is 12.2. The summed E-state index contributed by atoms with van der Waals surface area (Å²) < 4.78 is 3.01. The molecule has 3 aromatic carbocycles. The molecule has 176 valence electrons. The van der Waals surface area contributed by atoms with Crippen molar-refractivity contribution in [1.29, 1.82) is 0 Å². The van der Waals surface area contributed by atoms with Gasteiger partial charge in [-0.3, -0.25) is 14.2 Å². The molecule has 0 bridgehead atoms. The first-order valence-corrected chi connectivity index (χ1v) is 11.4. The first kappa shape index (κ1) is 21.5. The molecule has 3 heterocycles. The Bertz CT molecular complexity index is 1840. The van der Waals surface area contributed by atoms with E-state index in [1.54, 1.807) is 30.0 Å². The zero-order chi connectivity index (χ0) is 24.8. The van der Waals surface area contributed by atoms with Crippen LogP contribution < -0.4 is 16.6 Å². The number of anilines is 1. The number of rotatable bonds is 4. The molecule has 0 fully saturated rings. The van der Waals surface area contributed by atoms with Gasteiger partial charge < -0.3 is 11.1 Å². The van der Waals surface area contributed by atoms with E-state index in [2.05, 4.69) is 15.4 Å². The Morgan fingerprint density at radius 2 is 1.78 bits per heavy atom. The van der Waals surface area contributed by atoms with Crippen LogP contribution in [0.4, 0.5) is 5.82 Å². The summed E-state index contributed by atoms with van der Waals surface area (Å²) in [6.45, 7) is 1.78. The summed E-state index contributed by atoms with van der Waals surface area (Å²) in [5.41, 5.74) is 7.55. The Kier molecular flexibility index (Phi) is 4.96. The number of nitrogen functional groups attached to an aromatic ring is 1. The lowest BCUT2D eigenvalue weighted by molar-refractivity contribution is 0.0940. The average molecular weight is 476 g/mol. The Morgan fingerprint density at radius 1 is 1.00 bits per heavy atom. The fourth-order valence-corrected chi connectivity index (χ4v) is 4.54. The van der Waals surface area contributed by atoms with E-state index >= 15 is 0 Å². The van der Waals surface area contributed by atoms with E-state index in [0.29, 0.717) is 28.1 Å². The number of amides is 1. The number of para-hydroxylation sites is 1. The summed E-state index contributed by atoms with van der Waals surface area (Å²) in [5, 5.41) is 9.40. The van der Waals surface area contributed by atoms with Crippen LogP contribution in [0.3, 0.4) is 0 Å². The smallest absolute Gasteiger partial charge is 0.266 e. The molecule has 9 nitrogen and oxygen atoms in total. The van der Waals surface area contributed by atoms with Crippen molar-refractivity contribution in [3.63, 3.8) is 0 Å². The second-order valence-electron chi connectivity index (χ2n) is 8.47. The highest BCUT2D eigenvalue weighted by molar-refractivity contribution is 6.06. The number of hydrogen-bond donors (Lipinski definition) is 2. The van der Waals surface area contributed by atoms with Crippen molar-refractivity contribution in [2.75, 3.05) is 5.73 Å². The first-order valence-electron chi connectivity index (χ1n) is 11.4. The van der Waals surface area contributed by atoms with Crippen LogP contribution in [0.2, 0.25) is 0 Å². The summed E-state index contributed by atoms with van der Waals surface area (Å²) in [7, 11) is 0. The summed E-state index contributed by atoms with van der Waals surface area (Å²) in [5.74, 6) is 0.00305. The fraction of sp³-hybridized carbons (Fsp3) is 0.0741. The first-order chi connectivity index (χ1) is 17.5. The van der Waals surface area contributed by atoms with Crippen molar-refractivity contribution >= 4 is 39.0 Å². The van der Waals surface area contributed by atoms with Gasteiger partial charge in [0.25, 0.3) is 11.5 Å². The van der Waals surface area contributed by atoms with Crippen molar-refractivity contribution < 1.29 is 4.79 Å². The molecule has 9 heteroatoms. The molecule has 0 unspecified atom stereocenters. The van der Waals surface area contributed by atoms with Gasteiger partial charge in [0.1, 0.15) is 11.4 Å². The van der Waals surface area contributed by atoms with Crippen LogP contribution in [0.25, 0.3) is 33.0 Å². The highest BCUT2D eigenvalue weighted by atomic mass is 16.2. The van der Waals surface area contributed by atoms with E-state index in [1.807, 2.05) is 66.7 Å². The quantitative estimate of drug-likeness (QED) is 0.376. The van der Waals surface area contributed by atoms with Gasteiger partial charge in [-0.2, -0.15) is 0 Å². The molecule has 0 spiro atoms. The number of carbonyl (C=O) groups is 1. The van der Waals surface area contributed by atoms with Gasteiger partial charge in [0, 0.05) is 12.4 Å². The number of aromatic nitrogens is 5. The molecular weight excluding hydrogens is 454 g/mol. The van der Waals surface area contributed by atoms with E-state index < -0.39 is 11.9 Å². The standard InChI is InChI=1S/C27H21N7O2/c1-16(30-26(35)22-23(28)32-33-15-7-14-29-25(22)33)24-31-20-13-12-17-8-5-6-11-19(17)21(20)27(36)34(24)18-9-3-2-4-10-18/h2-16H,1H3,(H2,28,32)(H,30,35)/t16-/m0/s1. The molecule has 36 heavy (non-hydrogen) atoms. The number of hydrogen-bond acceptors (Lipinski definition) is 6. The molecule has 0 aliphatic heterocycles. The predicted octanol–water partition coefficient (Wildman–Crippen LogP) is 3.65. The SMILES string of the molecule is C[C@H](NC(=O)c1c(N)nn2cccnc12)c1nc2ccc3ccccc3c2c(=O)n1-c1ccccc1. The van der Waals surface area contributed by atoms with Crippen LogP contribution in [-0.2, 0) is 0 Å². The van der Waals surface area contributed by atoms with Gasteiger partial charge in [0.05, 0.1) is 22.6 Å². The largest absolute Gasteiger partial charge is 0.381 e. The maximum atomic E-state index is 14.0. The Morgan fingerprint density at radius 3 is 2.61 bits per heavy atom. The van der Waals surface area contributed by atoms with E-state index in [4.69, 9.17) is 10.7 Å². The number of fused-ring (bicyclic) bond motifs is 4. The molecule has 0 saturated carbocycles. The zero-order valence-electron chi connectivity index (χ0n) is 19.3. The van der Waals surface area contributed by atoms with Crippen LogP contribution in [0.15, 0.2) is 90.0 Å². The van der Waals surface area contributed by atoms with E-state index in [0.717, 1.165) is 10.8 Å². The molecule has 0 aliphatic rings. The Labute approximate surface area is 204 Å². The topological polar surface area (TPSA) is 120 Å². The summed E-state index contributed by atoms with van der Waals surface area (Å²) in [6, 6.07) is 21.8. The number of nitrogens with one attached hydrogen (secondary N) is 1. The monoisotopic (exact) mass is 475 g/mol. The molecule has 3 aromatic heterocycles. The lowest BCUT2D eigenvalue weighted by Gasteiger charge is -2.20. The lowest BCUT2D eigenvalue weighted by atomic mass is 10.1. The van der Waals surface area contributed by atoms with Crippen molar-refractivity contribution in [3.05, 3.63) is 107 Å². The van der Waals surface area contributed by atoms with Gasteiger partial charge in [-0.05, 0) is 42.0 Å². The maximum absolute atomic E-state index is 14.0. The van der Waals surface area contributed by atoms with Crippen molar-refractivity contribution in [2.24, 2.45) is 0 Å². The van der Waals surface area contributed by atoms with Crippen molar-refractivity contribution in [1.82, 2.24) is 29.5 Å². The maximum Gasteiger partial charge on any atom is 0.266 e. The van der Waals surface area contributed by atoms with Crippen LogP contribution in [-0.4, -0.2) is 30.1 Å². The lowest BCUT2D eigenvalue weighted by Crippen LogP contribution is -2.33. The van der Waals surface area contributed by atoms with Gasteiger partial charge in [-0.15, -0.1) is 5.10 Å². The van der Waals surface area contributed by atoms with Crippen LogP contribution in [0.1, 0.15) is 29.1 Å². The van der Waals surface area contributed by atoms with E-state index in [9.17, 15) is 9.59 Å². The molecule has 6 aromatic rings. The minimum absolute atomic E-state index is 0.0665. The average Bonchev–Trinajstić information content (AvgIpc) is 3.24. The van der Waals surface area contributed by atoms with Gasteiger partial charge in [-0.25, -0.2) is 14.5 Å². The summed E-state index contributed by atoms with van der Waals surface area (Å²) in [4.78, 5) is 36.4. The highest BCUT2D eigenvalue weighted by Crippen LogP contribution is 2.25. The third kappa shape index (κ3) is 3.37. The third-order valence-corrected chi connectivity index (χ3v) is 6.19. The van der Waals surface area contributed by atoms with Crippen LogP contribution in [0.5, 0.6) is 0 Å². The second kappa shape index (κ2) is 8.31. The summed E-state index contributed by atoms with van der Waals surface area (Å²) >= 11 is 0. The molecule has 3 N–H and O–H groups in total.